The smallest absolute Gasteiger partial charge is 0.142 e. The molecule has 0 spiro atoms. The summed E-state index contributed by atoms with van der Waals surface area (Å²) >= 11 is 5.74. The van der Waals surface area contributed by atoms with E-state index in [1.165, 1.54) is 31.7 Å². The summed E-state index contributed by atoms with van der Waals surface area (Å²) in [6.45, 7) is 2.09. The van der Waals surface area contributed by atoms with E-state index in [2.05, 4.69) is 30.9 Å². The third kappa shape index (κ3) is 4.74. The van der Waals surface area contributed by atoms with Crippen molar-refractivity contribution in [3.8, 4) is 23.0 Å². The van der Waals surface area contributed by atoms with Crippen LogP contribution in [0.15, 0.2) is 54.6 Å². The molecule has 0 aliphatic heterocycles. The first-order valence-electron chi connectivity index (χ1n) is 8.85. The van der Waals surface area contributed by atoms with Gasteiger partial charge in [-0.25, -0.2) is 4.39 Å². The van der Waals surface area contributed by atoms with Gasteiger partial charge in [0.1, 0.15) is 5.82 Å². The molecule has 0 saturated heterocycles. The lowest BCUT2D eigenvalue weighted by molar-refractivity contribution is 0.364. The van der Waals surface area contributed by atoms with Gasteiger partial charge in [-0.1, -0.05) is 53.8 Å². The summed E-state index contributed by atoms with van der Waals surface area (Å²) in [5.74, 6) is 7.57. The van der Waals surface area contributed by atoms with Crippen LogP contribution in [0.4, 0.5) is 4.39 Å². The van der Waals surface area contributed by atoms with Gasteiger partial charge in [0, 0.05) is 11.5 Å². The minimum atomic E-state index is -0.392. The van der Waals surface area contributed by atoms with E-state index in [0.29, 0.717) is 5.92 Å². The minimum absolute atomic E-state index is 0.149. The lowest BCUT2D eigenvalue weighted by Crippen LogP contribution is -2.11. The van der Waals surface area contributed by atoms with E-state index in [1.807, 2.05) is 30.3 Å². The quantitative estimate of drug-likeness (QED) is 0.408. The fraction of sp³-hybridized carbons (Fsp3) is 0.304. The molecule has 1 saturated carbocycles. The molecule has 2 aromatic carbocycles. The second kappa shape index (κ2) is 8.37. The summed E-state index contributed by atoms with van der Waals surface area (Å²) in [7, 11) is 0. The van der Waals surface area contributed by atoms with Crippen LogP contribution in [0.5, 0.6) is 0 Å². The van der Waals surface area contributed by atoms with Crippen LogP contribution < -0.4 is 0 Å². The lowest BCUT2D eigenvalue weighted by atomic mass is 9.82. The predicted molar refractivity (Wildman–Crippen MR) is 104 cm³/mol. The van der Waals surface area contributed by atoms with Crippen LogP contribution in [0.2, 0.25) is 5.02 Å². The van der Waals surface area contributed by atoms with Gasteiger partial charge >= 0.3 is 0 Å². The van der Waals surface area contributed by atoms with Crippen LogP contribution in [0.25, 0.3) is 11.1 Å². The first kappa shape index (κ1) is 17.8. The highest BCUT2D eigenvalue weighted by atomic mass is 35.5. The molecule has 128 valence electrons. The summed E-state index contributed by atoms with van der Waals surface area (Å²) in [5, 5.41) is 0.149. The van der Waals surface area contributed by atoms with E-state index >= 15 is 0 Å². The standard InChI is InChI=1S/C23H22ClF/c1-2-3-17-4-6-18(7-5-17)8-9-19-10-12-20(13-11-19)21-14-15-22(24)23(25)16-21/h2-3,10-18H,4-7H2,1H3. The van der Waals surface area contributed by atoms with E-state index in [1.54, 1.807) is 6.07 Å². The van der Waals surface area contributed by atoms with Gasteiger partial charge in [-0.05, 0) is 73.9 Å². The molecule has 1 aliphatic carbocycles. The second-order valence-electron chi connectivity index (χ2n) is 6.61. The van der Waals surface area contributed by atoms with Gasteiger partial charge in [0.2, 0.25) is 0 Å². The Morgan fingerprint density at radius 2 is 1.68 bits per heavy atom. The number of hydrogen-bond donors (Lipinski definition) is 0. The van der Waals surface area contributed by atoms with Crippen LogP contribution in [-0.4, -0.2) is 0 Å². The highest BCUT2D eigenvalue weighted by Crippen LogP contribution is 2.29. The Morgan fingerprint density at radius 1 is 1.00 bits per heavy atom. The molecule has 0 bridgehead atoms. The average molecular weight is 353 g/mol. The maximum Gasteiger partial charge on any atom is 0.142 e. The van der Waals surface area contributed by atoms with E-state index < -0.39 is 5.82 Å². The van der Waals surface area contributed by atoms with Gasteiger partial charge in [0.15, 0.2) is 0 Å². The molecule has 25 heavy (non-hydrogen) atoms. The number of halogens is 2. The number of rotatable bonds is 2. The van der Waals surface area contributed by atoms with Crippen LogP contribution in [-0.2, 0) is 0 Å². The maximum absolute atomic E-state index is 13.6. The molecule has 1 fully saturated rings. The van der Waals surface area contributed by atoms with Crippen molar-refractivity contribution in [1.29, 1.82) is 0 Å². The molecule has 0 aromatic heterocycles. The highest BCUT2D eigenvalue weighted by Gasteiger charge is 2.17. The Hall–Kier alpha value is -2.04. The molecule has 0 N–H and O–H groups in total. The molecule has 0 amide bonds. The van der Waals surface area contributed by atoms with E-state index in [9.17, 15) is 4.39 Å². The predicted octanol–water partition coefficient (Wildman–Crippen LogP) is 6.88. The molecule has 0 unspecified atom stereocenters. The SMILES string of the molecule is CC=CC1CCC(C#Cc2ccc(-c3ccc(Cl)c(F)c3)cc2)CC1. The van der Waals surface area contributed by atoms with Gasteiger partial charge in [0.25, 0.3) is 0 Å². The van der Waals surface area contributed by atoms with Crippen molar-refractivity contribution in [2.24, 2.45) is 11.8 Å². The van der Waals surface area contributed by atoms with Crippen molar-refractivity contribution < 1.29 is 4.39 Å². The number of benzene rings is 2. The molecule has 0 heterocycles. The molecule has 0 atom stereocenters. The molecule has 2 aromatic rings. The zero-order valence-electron chi connectivity index (χ0n) is 14.4. The molecule has 1 aliphatic rings. The molecule has 3 rings (SSSR count). The number of hydrogen-bond acceptors (Lipinski definition) is 0. The van der Waals surface area contributed by atoms with Crippen molar-refractivity contribution >= 4 is 11.6 Å². The Balaban J connectivity index is 1.65. The largest absolute Gasteiger partial charge is 0.205 e. The Bertz CT molecular complexity index is 800. The van der Waals surface area contributed by atoms with Crippen LogP contribution in [0.1, 0.15) is 38.2 Å². The highest BCUT2D eigenvalue weighted by molar-refractivity contribution is 6.30. The van der Waals surface area contributed by atoms with E-state index in [0.717, 1.165) is 22.6 Å². The molecular weight excluding hydrogens is 331 g/mol. The van der Waals surface area contributed by atoms with E-state index in [4.69, 9.17) is 11.6 Å². The minimum Gasteiger partial charge on any atom is -0.205 e. The third-order valence-corrected chi connectivity index (χ3v) is 5.10. The van der Waals surface area contributed by atoms with Crippen molar-refractivity contribution in [2.75, 3.05) is 0 Å². The van der Waals surface area contributed by atoms with Gasteiger partial charge < -0.3 is 0 Å². The van der Waals surface area contributed by atoms with Crippen molar-refractivity contribution in [3.63, 3.8) is 0 Å². The summed E-state index contributed by atoms with van der Waals surface area (Å²) in [4.78, 5) is 0. The Kier molecular flexibility index (Phi) is 5.95. The second-order valence-corrected chi connectivity index (χ2v) is 7.02. The summed E-state index contributed by atoms with van der Waals surface area (Å²) in [5.41, 5.74) is 2.80. The molecule has 0 radical (unpaired) electrons. The fourth-order valence-electron chi connectivity index (χ4n) is 3.34. The zero-order chi connectivity index (χ0) is 17.6. The third-order valence-electron chi connectivity index (χ3n) is 4.79. The topological polar surface area (TPSA) is 0 Å². The lowest BCUT2D eigenvalue weighted by Gasteiger charge is -2.22. The van der Waals surface area contributed by atoms with Gasteiger partial charge in [-0.15, -0.1) is 0 Å². The van der Waals surface area contributed by atoms with Crippen molar-refractivity contribution in [2.45, 2.75) is 32.6 Å². The van der Waals surface area contributed by atoms with Gasteiger partial charge in [0.05, 0.1) is 5.02 Å². The van der Waals surface area contributed by atoms with Gasteiger partial charge in [-0.3, -0.25) is 0 Å². The van der Waals surface area contributed by atoms with Crippen molar-refractivity contribution in [3.05, 3.63) is 71.0 Å². The average Bonchev–Trinajstić information content (AvgIpc) is 2.64. The first-order chi connectivity index (χ1) is 12.2. The summed E-state index contributed by atoms with van der Waals surface area (Å²) < 4.78 is 13.6. The van der Waals surface area contributed by atoms with E-state index in [-0.39, 0.29) is 5.02 Å². The molecule has 0 nitrogen and oxygen atoms in total. The van der Waals surface area contributed by atoms with Crippen LogP contribution in [0.3, 0.4) is 0 Å². The summed E-state index contributed by atoms with van der Waals surface area (Å²) in [6, 6.07) is 12.8. The van der Waals surface area contributed by atoms with Gasteiger partial charge in [-0.2, -0.15) is 0 Å². The first-order valence-corrected chi connectivity index (χ1v) is 9.23. The number of allylic oxidation sites excluding steroid dienone is 2. The zero-order valence-corrected chi connectivity index (χ0v) is 15.2. The molecule has 2 heteroatoms. The van der Waals surface area contributed by atoms with Crippen molar-refractivity contribution in [1.82, 2.24) is 0 Å². The van der Waals surface area contributed by atoms with Crippen LogP contribution in [0, 0.1) is 29.5 Å². The maximum atomic E-state index is 13.6. The Labute approximate surface area is 154 Å². The van der Waals surface area contributed by atoms with Crippen LogP contribution >= 0.6 is 11.6 Å². The fourth-order valence-corrected chi connectivity index (χ4v) is 3.45. The Morgan fingerprint density at radius 3 is 2.32 bits per heavy atom. The summed E-state index contributed by atoms with van der Waals surface area (Å²) in [6.07, 6.45) is 9.33. The molecular formula is C23H22ClF. The monoisotopic (exact) mass is 352 g/mol. The normalized spacial score (nSPS) is 20.3.